The summed E-state index contributed by atoms with van der Waals surface area (Å²) in [5, 5.41) is 5.96. The highest BCUT2D eigenvalue weighted by Gasteiger charge is 2.61. The molecule has 274 valence electrons. The van der Waals surface area contributed by atoms with Crippen molar-refractivity contribution in [1.82, 2.24) is 25.2 Å². The topological polar surface area (TPSA) is 173 Å². The monoisotopic (exact) mass is 737 g/mol. The summed E-state index contributed by atoms with van der Waals surface area (Å²) < 4.78 is 40.2. The number of ether oxygens (including phenoxy) is 2. The van der Waals surface area contributed by atoms with Crippen molar-refractivity contribution in [3.05, 3.63) is 110 Å². The van der Waals surface area contributed by atoms with Gasteiger partial charge in [-0.1, -0.05) is 60.7 Å². The van der Waals surface area contributed by atoms with Gasteiger partial charge in [-0.2, -0.15) is 0 Å². The first-order valence-corrected chi connectivity index (χ1v) is 18.4. The summed E-state index contributed by atoms with van der Waals surface area (Å²) in [5.74, 6) is -2.14. The van der Waals surface area contributed by atoms with E-state index >= 15 is 0 Å². The molecule has 1 saturated heterocycles. The summed E-state index contributed by atoms with van der Waals surface area (Å²) in [6, 6.07) is 23.0. The molecule has 13 nitrogen and oxygen atoms in total. The molecule has 4 atom stereocenters. The molecule has 0 radical (unpaired) electrons. The Morgan fingerprint density at radius 2 is 1.74 bits per heavy atom. The van der Waals surface area contributed by atoms with Gasteiger partial charge in [0.1, 0.15) is 29.2 Å². The third kappa shape index (κ3) is 7.92. The highest BCUT2D eigenvalue weighted by molar-refractivity contribution is 7.90. The molecule has 1 unspecified atom stereocenters. The van der Waals surface area contributed by atoms with Gasteiger partial charge >= 0.3 is 0 Å². The molecule has 14 heteroatoms. The Bertz CT molecular complexity index is 2200. The zero-order valence-corrected chi connectivity index (χ0v) is 30.0. The minimum absolute atomic E-state index is 0.0243. The van der Waals surface area contributed by atoms with E-state index in [9.17, 15) is 27.6 Å². The van der Waals surface area contributed by atoms with Gasteiger partial charge in [-0.15, -0.1) is 6.58 Å². The zero-order chi connectivity index (χ0) is 37.8. The molecule has 1 aromatic heterocycles. The summed E-state index contributed by atoms with van der Waals surface area (Å²) in [5.41, 5.74) is 0.476. The molecule has 1 aliphatic carbocycles. The highest BCUT2D eigenvalue weighted by Crippen LogP contribution is 2.45. The van der Waals surface area contributed by atoms with E-state index in [2.05, 4.69) is 21.9 Å². The molecule has 2 fully saturated rings. The van der Waals surface area contributed by atoms with E-state index in [-0.39, 0.29) is 24.3 Å². The Hall–Kier alpha value is -6.02. The summed E-state index contributed by atoms with van der Waals surface area (Å²) in [6.07, 6.45) is 3.71. The van der Waals surface area contributed by atoms with Gasteiger partial charge in [0, 0.05) is 35.4 Å². The Labute approximate surface area is 307 Å². The Morgan fingerprint density at radius 1 is 1.02 bits per heavy atom. The van der Waals surface area contributed by atoms with Gasteiger partial charge in [-0.3, -0.25) is 19.2 Å². The van der Waals surface area contributed by atoms with E-state index < -0.39 is 63.8 Å². The van der Waals surface area contributed by atoms with E-state index in [1.54, 1.807) is 38.3 Å². The fraction of sp³-hybridized carbons (Fsp3) is 0.256. The molecule has 2 heterocycles. The number of methoxy groups -OCH3 is 1. The number of allylic oxidation sites excluding steroid dienone is 1. The molecule has 1 aliphatic heterocycles. The van der Waals surface area contributed by atoms with Crippen LogP contribution in [0.1, 0.15) is 19.8 Å². The summed E-state index contributed by atoms with van der Waals surface area (Å²) in [6.45, 7) is 5.00. The maximum atomic E-state index is 14.1. The van der Waals surface area contributed by atoms with Crippen molar-refractivity contribution in [2.75, 3.05) is 20.2 Å². The Balaban J connectivity index is 1.28. The standard InChI is InChI=1S/C39H39N5O8S/c1-4-12-35(45)40-23-36(46)44-24-28(52-34-21-31(25-13-8-6-9-14-25)41-32-19-27(51-3)17-18-30(32)34)20-33(44)37(47)42-39(22-26(39)5-2)38(48)43-53(49,50)29-15-10-7-11-16-29/h4-19,21,26,28,33H,2,20,22-24H2,1,3H3,(H,40,45)(H,42,47)(H,43,48)/t26-,28?,33+,39-/m1/s1. The number of sulfonamides is 1. The first kappa shape index (κ1) is 36.8. The molecule has 4 aromatic rings. The summed E-state index contributed by atoms with van der Waals surface area (Å²) in [7, 11) is -2.69. The smallest absolute Gasteiger partial charge is 0.264 e. The Kier molecular flexibility index (Phi) is 10.6. The molecule has 0 bridgehead atoms. The molecule has 0 spiro atoms. The minimum Gasteiger partial charge on any atom is -0.497 e. The van der Waals surface area contributed by atoms with Crippen LogP contribution in [-0.2, 0) is 29.2 Å². The second kappa shape index (κ2) is 15.3. The van der Waals surface area contributed by atoms with E-state index in [1.807, 2.05) is 36.4 Å². The number of nitrogens with zero attached hydrogens (tertiary/aromatic N) is 2. The van der Waals surface area contributed by atoms with Crippen molar-refractivity contribution in [2.24, 2.45) is 5.92 Å². The number of carbonyl (C=O) groups is 4. The second-order valence-electron chi connectivity index (χ2n) is 12.8. The number of rotatable bonds is 13. The van der Waals surface area contributed by atoms with Crippen molar-refractivity contribution in [1.29, 1.82) is 0 Å². The number of likely N-dealkylation sites (tertiary alicyclic amines) is 1. The number of aromatic nitrogens is 1. The van der Waals surface area contributed by atoms with Crippen molar-refractivity contribution in [3.8, 4) is 22.8 Å². The highest BCUT2D eigenvalue weighted by atomic mass is 32.2. The van der Waals surface area contributed by atoms with Crippen LogP contribution < -0.4 is 24.8 Å². The van der Waals surface area contributed by atoms with Crippen molar-refractivity contribution >= 4 is 44.6 Å². The van der Waals surface area contributed by atoms with Gasteiger partial charge in [-0.05, 0) is 43.7 Å². The first-order chi connectivity index (χ1) is 25.5. The number of hydrogen-bond donors (Lipinski definition) is 3. The van der Waals surface area contributed by atoms with Gasteiger partial charge in [0.25, 0.3) is 15.9 Å². The average Bonchev–Trinajstić information content (AvgIpc) is 3.72. The molecule has 3 N–H and O–H groups in total. The average molecular weight is 738 g/mol. The molecular weight excluding hydrogens is 699 g/mol. The molecule has 53 heavy (non-hydrogen) atoms. The van der Waals surface area contributed by atoms with Crippen molar-refractivity contribution in [3.63, 3.8) is 0 Å². The van der Waals surface area contributed by atoms with Crippen LogP contribution in [0.2, 0.25) is 0 Å². The van der Waals surface area contributed by atoms with Gasteiger partial charge in [0.2, 0.25) is 17.7 Å². The van der Waals surface area contributed by atoms with Gasteiger partial charge < -0.3 is 25.0 Å². The third-order valence-electron chi connectivity index (χ3n) is 9.29. The van der Waals surface area contributed by atoms with E-state index in [0.29, 0.717) is 28.1 Å². The largest absolute Gasteiger partial charge is 0.497 e. The van der Waals surface area contributed by atoms with Crippen LogP contribution in [0.15, 0.2) is 115 Å². The summed E-state index contributed by atoms with van der Waals surface area (Å²) in [4.78, 5) is 59.5. The molecule has 3 aromatic carbocycles. The number of carbonyl (C=O) groups excluding carboxylic acids is 4. The minimum atomic E-state index is -4.25. The van der Waals surface area contributed by atoms with Gasteiger partial charge in [0.15, 0.2) is 0 Å². The summed E-state index contributed by atoms with van der Waals surface area (Å²) >= 11 is 0. The quantitative estimate of drug-likeness (QED) is 0.137. The van der Waals surface area contributed by atoms with Crippen LogP contribution in [0.5, 0.6) is 11.5 Å². The molecule has 2 aliphatic rings. The predicted octanol–water partition coefficient (Wildman–Crippen LogP) is 3.52. The number of hydrogen-bond acceptors (Lipinski definition) is 9. The number of pyridine rings is 1. The Morgan fingerprint density at radius 3 is 2.40 bits per heavy atom. The number of amides is 4. The van der Waals surface area contributed by atoms with Crippen LogP contribution >= 0.6 is 0 Å². The molecule has 6 rings (SSSR count). The van der Waals surface area contributed by atoms with Gasteiger partial charge in [0.05, 0.1) is 36.3 Å². The lowest BCUT2D eigenvalue weighted by Gasteiger charge is -2.26. The molecule has 4 amide bonds. The normalized spacial score (nSPS) is 20.8. The van der Waals surface area contributed by atoms with Crippen molar-refractivity contribution < 1.29 is 37.1 Å². The zero-order valence-electron chi connectivity index (χ0n) is 29.2. The number of nitrogens with one attached hydrogen (secondary N) is 3. The van der Waals surface area contributed by atoms with Crippen LogP contribution in [0.4, 0.5) is 0 Å². The first-order valence-electron chi connectivity index (χ1n) is 17.0. The van der Waals surface area contributed by atoms with E-state index in [4.69, 9.17) is 14.5 Å². The SMILES string of the molecule is C=C[C@@H]1C[C@]1(NC(=O)[C@@H]1CC(Oc2cc(-c3ccccc3)nc3cc(OC)ccc23)CN1C(=O)CNC(=O)C=CC)C(=O)NS(=O)(=O)c1ccccc1. The van der Waals surface area contributed by atoms with Crippen LogP contribution in [0, 0.1) is 5.92 Å². The lowest BCUT2D eigenvalue weighted by Crippen LogP contribution is -2.56. The van der Waals surface area contributed by atoms with Gasteiger partial charge in [-0.25, -0.2) is 18.1 Å². The molecule has 1 saturated carbocycles. The fourth-order valence-electron chi connectivity index (χ4n) is 6.43. The van der Waals surface area contributed by atoms with Crippen LogP contribution in [0.3, 0.4) is 0 Å². The number of fused-ring (bicyclic) bond motifs is 1. The maximum absolute atomic E-state index is 14.1. The lowest BCUT2D eigenvalue weighted by molar-refractivity contribution is -0.139. The van der Waals surface area contributed by atoms with Crippen LogP contribution in [0.25, 0.3) is 22.2 Å². The maximum Gasteiger partial charge on any atom is 0.264 e. The third-order valence-corrected chi connectivity index (χ3v) is 10.6. The number of benzene rings is 3. The van der Waals surface area contributed by atoms with E-state index in [1.165, 1.54) is 47.4 Å². The predicted molar refractivity (Wildman–Crippen MR) is 197 cm³/mol. The van der Waals surface area contributed by atoms with Crippen molar-refractivity contribution in [2.45, 2.75) is 42.3 Å². The lowest BCUT2D eigenvalue weighted by atomic mass is 10.1. The van der Waals surface area contributed by atoms with Crippen LogP contribution in [-0.4, -0.2) is 79.8 Å². The van der Waals surface area contributed by atoms with E-state index in [0.717, 1.165) is 5.56 Å². The molecular formula is C39H39N5O8S. The second-order valence-corrected chi connectivity index (χ2v) is 14.4. The fourth-order valence-corrected chi connectivity index (χ4v) is 7.49.